The number of anilines is 2. The molecule has 0 aromatic heterocycles. The normalized spacial score (nSPS) is 22.1. The summed E-state index contributed by atoms with van der Waals surface area (Å²) in [7, 11) is 2.00. The van der Waals surface area contributed by atoms with Crippen LogP contribution in [0.3, 0.4) is 0 Å². The molecule has 2 aromatic rings. The van der Waals surface area contributed by atoms with Crippen molar-refractivity contribution in [1.29, 1.82) is 0 Å². The fraction of sp³-hybridized carbons (Fsp3) is 0.318. The van der Waals surface area contributed by atoms with Crippen LogP contribution in [0.4, 0.5) is 11.4 Å². The highest BCUT2D eigenvalue weighted by Crippen LogP contribution is 2.34. The summed E-state index contributed by atoms with van der Waals surface area (Å²) in [5.41, 5.74) is 2.60. The number of hydrogen-bond acceptors (Lipinski definition) is 5. The summed E-state index contributed by atoms with van der Waals surface area (Å²) >= 11 is 13.7. The molecule has 2 aliphatic rings. The van der Waals surface area contributed by atoms with Gasteiger partial charge in [-0.25, -0.2) is 0 Å². The van der Waals surface area contributed by atoms with Crippen LogP contribution in [-0.4, -0.2) is 61.1 Å². The number of aliphatic hydroxyl groups excluding tert-OH is 1. The highest BCUT2D eigenvalue weighted by Gasteiger charge is 2.28. The Morgan fingerprint density at radius 1 is 1.10 bits per heavy atom. The number of likely N-dealkylation sites (N-methyl/N-ethyl adjacent to an activating group) is 1. The average molecular weight is 464 g/mol. The zero-order valence-electron chi connectivity index (χ0n) is 16.6. The Hall–Kier alpha value is -1.70. The van der Waals surface area contributed by atoms with Crippen molar-refractivity contribution in [3.63, 3.8) is 0 Å². The van der Waals surface area contributed by atoms with Gasteiger partial charge in [-0.2, -0.15) is 0 Å². The Balaban J connectivity index is 1.63. The Morgan fingerprint density at radius 3 is 2.67 bits per heavy atom. The van der Waals surface area contributed by atoms with E-state index in [0.717, 1.165) is 35.8 Å². The Kier molecular flexibility index (Phi) is 6.60. The molecule has 2 saturated heterocycles. The molecular weight excluding hydrogens is 441 g/mol. The molecule has 1 unspecified atom stereocenters. The van der Waals surface area contributed by atoms with E-state index in [4.69, 9.17) is 23.2 Å². The smallest absolute Gasteiger partial charge is 0.264 e. The molecule has 2 heterocycles. The number of aliphatic hydroxyl groups is 1. The predicted molar refractivity (Wildman–Crippen MR) is 127 cm³/mol. The summed E-state index contributed by atoms with van der Waals surface area (Å²) in [6, 6.07) is 13.1. The molecule has 1 amide bonds. The van der Waals surface area contributed by atoms with Crippen LogP contribution >= 0.6 is 35.0 Å². The zero-order chi connectivity index (χ0) is 21.3. The number of amides is 1. The fourth-order valence-corrected chi connectivity index (χ4v) is 4.97. The van der Waals surface area contributed by atoms with Gasteiger partial charge in [-0.05, 0) is 43.0 Å². The van der Waals surface area contributed by atoms with Gasteiger partial charge >= 0.3 is 0 Å². The number of piperazine rings is 1. The van der Waals surface area contributed by atoms with Gasteiger partial charge in [0.1, 0.15) is 6.23 Å². The molecule has 5 nitrogen and oxygen atoms in total. The van der Waals surface area contributed by atoms with Crippen molar-refractivity contribution in [2.45, 2.75) is 6.23 Å². The Labute approximate surface area is 190 Å². The lowest BCUT2D eigenvalue weighted by Gasteiger charge is -2.39. The average Bonchev–Trinajstić information content (AvgIpc) is 2.72. The van der Waals surface area contributed by atoms with Gasteiger partial charge in [-0.3, -0.25) is 4.79 Å². The summed E-state index contributed by atoms with van der Waals surface area (Å²) in [5.74, 6) is 0.732. The van der Waals surface area contributed by atoms with Crippen molar-refractivity contribution in [2.75, 3.05) is 48.8 Å². The highest BCUT2D eigenvalue weighted by molar-refractivity contribution is 8.04. The molecule has 30 heavy (non-hydrogen) atoms. The van der Waals surface area contributed by atoms with Gasteiger partial charge in [0.15, 0.2) is 0 Å². The molecule has 4 rings (SSSR count). The molecule has 0 bridgehead atoms. The number of β-amino-alcohol motifs (C(OH)–C–C–N with tert-alkyl or cyclic N) is 1. The van der Waals surface area contributed by atoms with Crippen molar-refractivity contribution < 1.29 is 9.90 Å². The molecule has 1 N–H and O–H groups in total. The zero-order valence-corrected chi connectivity index (χ0v) is 18.9. The summed E-state index contributed by atoms with van der Waals surface area (Å²) in [6.45, 7) is 2.80. The number of benzene rings is 2. The van der Waals surface area contributed by atoms with Crippen LogP contribution in [0.15, 0.2) is 47.4 Å². The first-order chi connectivity index (χ1) is 14.4. The van der Waals surface area contributed by atoms with E-state index in [0.29, 0.717) is 28.0 Å². The van der Waals surface area contributed by atoms with Crippen molar-refractivity contribution >= 4 is 58.3 Å². The number of halogens is 2. The second kappa shape index (κ2) is 9.20. The molecule has 0 saturated carbocycles. The standard InChI is InChI=1S/C22H23Cl2N3O2S/c1-25-8-9-27(21(28)14-25)19-5-3-2-4-15(19)12-20-22(29)26(10-11-30-20)16-6-7-17(23)18(24)13-16/h2-7,12-13,21,28H,8-11,14H2,1H3/b20-12-. The van der Waals surface area contributed by atoms with E-state index in [-0.39, 0.29) is 5.91 Å². The van der Waals surface area contributed by atoms with Crippen molar-refractivity contribution in [1.82, 2.24) is 4.90 Å². The number of hydrogen-bond donors (Lipinski definition) is 1. The van der Waals surface area contributed by atoms with Crippen LogP contribution in [0.1, 0.15) is 5.56 Å². The quantitative estimate of drug-likeness (QED) is 0.691. The van der Waals surface area contributed by atoms with Gasteiger partial charge in [-0.15, -0.1) is 11.8 Å². The molecule has 158 valence electrons. The fourth-order valence-electron chi connectivity index (χ4n) is 3.74. The van der Waals surface area contributed by atoms with E-state index in [1.807, 2.05) is 48.4 Å². The molecule has 2 aromatic carbocycles. The first-order valence-electron chi connectivity index (χ1n) is 9.78. The lowest BCUT2D eigenvalue weighted by Crippen LogP contribution is -2.52. The predicted octanol–water partition coefficient (Wildman–Crippen LogP) is 4.18. The second-order valence-electron chi connectivity index (χ2n) is 7.41. The van der Waals surface area contributed by atoms with E-state index in [1.54, 1.807) is 28.8 Å². The van der Waals surface area contributed by atoms with Gasteiger partial charge < -0.3 is 19.8 Å². The van der Waals surface area contributed by atoms with E-state index in [9.17, 15) is 9.90 Å². The molecule has 2 fully saturated rings. The minimum atomic E-state index is -0.578. The summed E-state index contributed by atoms with van der Waals surface area (Å²) < 4.78 is 0. The lowest BCUT2D eigenvalue weighted by atomic mass is 10.1. The van der Waals surface area contributed by atoms with Crippen LogP contribution in [0.25, 0.3) is 6.08 Å². The monoisotopic (exact) mass is 463 g/mol. The minimum absolute atomic E-state index is 0.0571. The number of carbonyl (C=O) groups is 1. The molecule has 0 radical (unpaired) electrons. The molecular formula is C22H23Cl2N3O2S. The summed E-state index contributed by atoms with van der Waals surface area (Å²) in [4.78, 5) is 19.7. The molecule has 8 heteroatoms. The van der Waals surface area contributed by atoms with Gasteiger partial charge in [-0.1, -0.05) is 41.4 Å². The minimum Gasteiger partial charge on any atom is -0.372 e. The Morgan fingerprint density at radius 2 is 1.90 bits per heavy atom. The molecule has 0 aliphatic carbocycles. The molecule has 0 spiro atoms. The SMILES string of the molecule is CN1CCN(c2ccccc2/C=C2\SCCN(c3ccc(Cl)c(Cl)c3)C2=O)C(O)C1. The first kappa shape index (κ1) is 21.5. The number of rotatable bonds is 3. The number of nitrogens with zero attached hydrogens (tertiary/aromatic N) is 3. The van der Waals surface area contributed by atoms with Gasteiger partial charge in [0.25, 0.3) is 5.91 Å². The van der Waals surface area contributed by atoms with Gasteiger partial charge in [0.05, 0.1) is 15.0 Å². The lowest BCUT2D eigenvalue weighted by molar-refractivity contribution is -0.114. The van der Waals surface area contributed by atoms with Crippen LogP contribution in [-0.2, 0) is 4.79 Å². The van der Waals surface area contributed by atoms with Crippen LogP contribution in [0.5, 0.6) is 0 Å². The van der Waals surface area contributed by atoms with E-state index < -0.39 is 6.23 Å². The topological polar surface area (TPSA) is 47.0 Å². The third kappa shape index (κ3) is 4.48. The second-order valence-corrected chi connectivity index (χ2v) is 9.36. The van der Waals surface area contributed by atoms with Gasteiger partial charge in [0.2, 0.25) is 0 Å². The Bertz CT molecular complexity index is 985. The largest absolute Gasteiger partial charge is 0.372 e. The van der Waals surface area contributed by atoms with Crippen LogP contribution < -0.4 is 9.80 Å². The number of para-hydroxylation sites is 1. The maximum absolute atomic E-state index is 13.2. The first-order valence-corrected chi connectivity index (χ1v) is 11.5. The highest BCUT2D eigenvalue weighted by atomic mass is 35.5. The van der Waals surface area contributed by atoms with Crippen LogP contribution in [0, 0.1) is 0 Å². The van der Waals surface area contributed by atoms with Crippen molar-refractivity contribution in [3.05, 3.63) is 63.0 Å². The summed E-state index contributed by atoms with van der Waals surface area (Å²) in [6.07, 6.45) is 1.35. The number of thioether (sulfide) groups is 1. The third-order valence-electron chi connectivity index (χ3n) is 5.33. The maximum Gasteiger partial charge on any atom is 0.264 e. The van der Waals surface area contributed by atoms with E-state index >= 15 is 0 Å². The van der Waals surface area contributed by atoms with E-state index in [2.05, 4.69) is 4.90 Å². The summed E-state index contributed by atoms with van der Waals surface area (Å²) in [5, 5.41) is 11.5. The van der Waals surface area contributed by atoms with Crippen LogP contribution in [0.2, 0.25) is 10.0 Å². The third-order valence-corrected chi connectivity index (χ3v) is 7.06. The number of carbonyl (C=O) groups excluding carboxylic acids is 1. The molecule has 2 aliphatic heterocycles. The molecule has 1 atom stereocenters. The van der Waals surface area contributed by atoms with Crippen molar-refractivity contribution in [2.24, 2.45) is 0 Å². The maximum atomic E-state index is 13.2. The van der Waals surface area contributed by atoms with E-state index in [1.165, 1.54) is 0 Å². The van der Waals surface area contributed by atoms with Gasteiger partial charge in [0, 0.05) is 43.3 Å². The van der Waals surface area contributed by atoms with Crippen molar-refractivity contribution in [3.8, 4) is 0 Å².